The molecule has 0 amide bonds. The van der Waals surface area contributed by atoms with Crippen LogP contribution in [0.3, 0.4) is 0 Å². The fourth-order valence-corrected chi connectivity index (χ4v) is 2.05. The summed E-state index contributed by atoms with van der Waals surface area (Å²) in [6.45, 7) is 3.89. The predicted octanol–water partition coefficient (Wildman–Crippen LogP) is 4.18. The van der Waals surface area contributed by atoms with Crippen molar-refractivity contribution in [3.63, 3.8) is 0 Å². The van der Waals surface area contributed by atoms with Crippen LogP contribution in [0.1, 0.15) is 21.6 Å². The highest BCUT2D eigenvalue weighted by Gasteiger charge is 2.16. The van der Waals surface area contributed by atoms with Crippen molar-refractivity contribution in [1.29, 1.82) is 0 Å². The summed E-state index contributed by atoms with van der Waals surface area (Å²) in [6.07, 6.45) is 0. The molecule has 0 bridgehead atoms. The monoisotopic (exact) mass is 293 g/mol. The van der Waals surface area contributed by atoms with Crippen LogP contribution >= 0.6 is 0 Å². The van der Waals surface area contributed by atoms with Gasteiger partial charge in [-0.05, 0) is 25.5 Å². The lowest BCUT2D eigenvalue weighted by Crippen LogP contribution is -2.09. The first-order valence-electron chi connectivity index (χ1n) is 6.95. The van der Waals surface area contributed by atoms with Crippen molar-refractivity contribution in [3.8, 4) is 17.1 Å². The highest BCUT2D eigenvalue weighted by molar-refractivity contribution is 5.90. The molecule has 0 radical (unpaired) electrons. The Labute approximate surface area is 128 Å². The van der Waals surface area contributed by atoms with Crippen LogP contribution in [0.2, 0.25) is 0 Å². The molecule has 2 aromatic carbocycles. The highest BCUT2D eigenvalue weighted by atomic mass is 16.5. The van der Waals surface area contributed by atoms with Gasteiger partial charge < -0.3 is 9.26 Å². The smallest absolute Gasteiger partial charge is 0.365 e. The fraction of sp³-hybridized carbons (Fsp3) is 0.111. The van der Waals surface area contributed by atoms with Gasteiger partial charge in [-0.3, -0.25) is 0 Å². The number of nitrogens with zero attached hydrogens (tertiary/aromatic N) is 1. The average Bonchev–Trinajstić information content (AvgIpc) is 3.00. The Bertz CT molecular complexity index is 803. The summed E-state index contributed by atoms with van der Waals surface area (Å²) in [5.74, 6) is 0.528. The van der Waals surface area contributed by atoms with Gasteiger partial charge in [0.1, 0.15) is 5.75 Å². The minimum Gasteiger partial charge on any atom is -0.421 e. The Morgan fingerprint density at radius 1 is 1.05 bits per heavy atom. The summed E-state index contributed by atoms with van der Waals surface area (Å²) in [7, 11) is 0. The number of ether oxygens (including phenoxy) is 1. The molecule has 4 nitrogen and oxygen atoms in total. The first kappa shape index (κ1) is 14.1. The van der Waals surface area contributed by atoms with Crippen LogP contribution in [0, 0.1) is 13.8 Å². The lowest BCUT2D eigenvalue weighted by molar-refractivity contribution is 0.0723. The van der Waals surface area contributed by atoms with Gasteiger partial charge in [0.25, 0.3) is 0 Å². The van der Waals surface area contributed by atoms with Crippen LogP contribution in [-0.2, 0) is 0 Å². The molecule has 0 aliphatic carbocycles. The van der Waals surface area contributed by atoms with Gasteiger partial charge >= 0.3 is 5.97 Å². The number of rotatable bonds is 3. The molecule has 0 fully saturated rings. The number of hydrogen-bond acceptors (Lipinski definition) is 4. The standard InChI is InChI=1S/C18H15NO3/c1-12-7-9-14(10-8-12)17-11-15(19-22-17)18(20)21-16-6-4-3-5-13(16)2/h3-11H,1-2H3. The number of aromatic nitrogens is 1. The molecule has 0 atom stereocenters. The Hall–Kier alpha value is -2.88. The topological polar surface area (TPSA) is 52.3 Å². The van der Waals surface area contributed by atoms with Gasteiger partial charge in [0.05, 0.1) is 0 Å². The van der Waals surface area contributed by atoms with E-state index in [-0.39, 0.29) is 5.69 Å². The summed E-state index contributed by atoms with van der Waals surface area (Å²) in [5, 5.41) is 3.79. The average molecular weight is 293 g/mol. The van der Waals surface area contributed by atoms with E-state index in [0.29, 0.717) is 11.5 Å². The summed E-state index contributed by atoms with van der Waals surface area (Å²) in [4.78, 5) is 12.1. The van der Waals surface area contributed by atoms with E-state index in [1.54, 1.807) is 12.1 Å². The Balaban J connectivity index is 1.80. The Kier molecular flexibility index (Phi) is 3.74. The van der Waals surface area contributed by atoms with Crippen molar-refractivity contribution in [3.05, 3.63) is 71.4 Å². The Morgan fingerprint density at radius 2 is 1.77 bits per heavy atom. The molecule has 0 aliphatic heterocycles. The molecule has 4 heteroatoms. The number of benzene rings is 2. The number of aryl methyl sites for hydroxylation is 2. The first-order valence-corrected chi connectivity index (χ1v) is 6.95. The van der Waals surface area contributed by atoms with Crippen molar-refractivity contribution < 1.29 is 14.1 Å². The SMILES string of the molecule is Cc1ccc(-c2cc(C(=O)Oc3ccccc3C)no2)cc1. The van der Waals surface area contributed by atoms with E-state index in [9.17, 15) is 4.79 Å². The minimum absolute atomic E-state index is 0.152. The van der Waals surface area contributed by atoms with Crippen LogP contribution in [0.25, 0.3) is 11.3 Å². The van der Waals surface area contributed by atoms with Crippen LogP contribution in [0.4, 0.5) is 0 Å². The van der Waals surface area contributed by atoms with E-state index < -0.39 is 5.97 Å². The van der Waals surface area contributed by atoms with Crippen molar-refractivity contribution in [2.45, 2.75) is 13.8 Å². The van der Waals surface area contributed by atoms with E-state index in [1.165, 1.54) is 0 Å². The highest BCUT2D eigenvalue weighted by Crippen LogP contribution is 2.22. The lowest BCUT2D eigenvalue weighted by Gasteiger charge is -2.04. The van der Waals surface area contributed by atoms with Crippen molar-refractivity contribution >= 4 is 5.97 Å². The van der Waals surface area contributed by atoms with Gasteiger partial charge in [-0.25, -0.2) is 4.79 Å². The van der Waals surface area contributed by atoms with E-state index in [2.05, 4.69) is 5.16 Å². The molecular formula is C18H15NO3. The molecule has 110 valence electrons. The number of hydrogen-bond donors (Lipinski definition) is 0. The molecular weight excluding hydrogens is 278 g/mol. The third kappa shape index (κ3) is 2.91. The normalized spacial score (nSPS) is 10.5. The molecule has 0 saturated heterocycles. The summed E-state index contributed by atoms with van der Waals surface area (Å²) >= 11 is 0. The van der Waals surface area contributed by atoms with Crippen LogP contribution in [-0.4, -0.2) is 11.1 Å². The quantitative estimate of drug-likeness (QED) is 0.537. The van der Waals surface area contributed by atoms with Gasteiger partial charge in [0, 0.05) is 11.6 Å². The minimum atomic E-state index is -0.531. The van der Waals surface area contributed by atoms with E-state index >= 15 is 0 Å². The lowest BCUT2D eigenvalue weighted by atomic mass is 10.1. The zero-order valence-electron chi connectivity index (χ0n) is 12.4. The number of carbonyl (C=O) groups is 1. The zero-order valence-corrected chi connectivity index (χ0v) is 12.4. The molecule has 1 heterocycles. The van der Waals surface area contributed by atoms with Gasteiger partial charge in [-0.1, -0.05) is 53.2 Å². The largest absolute Gasteiger partial charge is 0.421 e. The van der Waals surface area contributed by atoms with Crippen molar-refractivity contribution in [2.24, 2.45) is 0 Å². The van der Waals surface area contributed by atoms with Crippen LogP contribution < -0.4 is 4.74 Å². The molecule has 1 aromatic heterocycles. The molecule has 0 unspecified atom stereocenters. The van der Waals surface area contributed by atoms with Gasteiger partial charge in [0.2, 0.25) is 0 Å². The second kappa shape index (κ2) is 5.85. The summed E-state index contributed by atoms with van der Waals surface area (Å²) in [6, 6.07) is 16.7. The summed E-state index contributed by atoms with van der Waals surface area (Å²) < 4.78 is 10.6. The Morgan fingerprint density at radius 3 is 2.50 bits per heavy atom. The molecule has 0 aliphatic rings. The molecule has 22 heavy (non-hydrogen) atoms. The second-order valence-corrected chi connectivity index (χ2v) is 5.10. The molecule has 0 N–H and O–H groups in total. The molecule has 0 spiro atoms. The van der Waals surface area contributed by atoms with Gasteiger partial charge in [-0.15, -0.1) is 0 Å². The second-order valence-electron chi connectivity index (χ2n) is 5.10. The van der Waals surface area contributed by atoms with Gasteiger partial charge in [-0.2, -0.15) is 0 Å². The van der Waals surface area contributed by atoms with Crippen molar-refractivity contribution in [2.75, 3.05) is 0 Å². The summed E-state index contributed by atoms with van der Waals surface area (Å²) in [5.41, 5.74) is 3.06. The van der Waals surface area contributed by atoms with E-state index in [1.807, 2.05) is 56.3 Å². The fourth-order valence-electron chi connectivity index (χ4n) is 2.05. The molecule has 3 rings (SSSR count). The first-order chi connectivity index (χ1) is 10.6. The molecule has 0 saturated carbocycles. The number of esters is 1. The van der Waals surface area contributed by atoms with Crippen molar-refractivity contribution in [1.82, 2.24) is 5.16 Å². The van der Waals surface area contributed by atoms with E-state index in [4.69, 9.17) is 9.26 Å². The van der Waals surface area contributed by atoms with Crippen LogP contribution in [0.5, 0.6) is 5.75 Å². The number of carbonyl (C=O) groups excluding carboxylic acids is 1. The molecule has 3 aromatic rings. The number of para-hydroxylation sites is 1. The third-order valence-electron chi connectivity index (χ3n) is 3.35. The maximum absolute atomic E-state index is 12.1. The maximum Gasteiger partial charge on any atom is 0.365 e. The predicted molar refractivity (Wildman–Crippen MR) is 82.8 cm³/mol. The maximum atomic E-state index is 12.1. The van der Waals surface area contributed by atoms with Crippen LogP contribution in [0.15, 0.2) is 59.1 Å². The zero-order chi connectivity index (χ0) is 15.5. The van der Waals surface area contributed by atoms with E-state index in [0.717, 1.165) is 16.7 Å². The third-order valence-corrected chi connectivity index (χ3v) is 3.35. The van der Waals surface area contributed by atoms with Gasteiger partial charge in [0.15, 0.2) is 11.5 Å².